The lowest BCUT2D eigenvalue weighted by Gasteiger charge is -2.09. The first kappa shape index (κ1) is 15.1. The van der Waals surface area contributed by atoms with Crippen molar-refractivity contribution < 1.29 is 8.42 Å². The topological polar surface area (TPSA) is 34.1 Å². The minimum Gasteiger partial charge on any atom is -0.223 e. The van der Waals surface area contributed by atoms with Crippen LogP contribution in [0, 0.1) is 0 Å². The standard InChI is InChI=1S/C16H17ClO2S/c1-12(2)14-5-3-4-13(10-14)11-20(18,19)16-8-6-15(17)7-9-16/h3-10,12H,11H2,1-2H3. The lowest BCUT2D eigenvalue weighted by molar-refractivity contribution is 0.595. The van der Waals surface area contributed by atoms with E-state index in [1.54, 1.807) is 24.3 Å². The first-order valence-electron chi connectivity index (χ1n) is 6.45. The van der Waals surface area contributed by atoms with E-state index in [2.05, 4.69) is 13.8 Å². The maximum Gasteiger partial charge on any atom is 0.182 e. The second-order valence-electron chi connectivity index (χ2n) is 5.11. The number of hydrogen-bond acceptors (Lipinski definition) is 2. The number of hydrogen-bond donors (Lipinski definition) is 0. The molecule has 0 amide bonds. The molecule has 0 atom stereocenters. The fourth-order valence-electron chi connectivity index (χ4n) is 1.99. The van der Waals surface area contributed by atoms with Crippen LogP contribution in [0.3, 0.4) is 0 Å². The molecule has 0 fully saturated rings. The molecule has 0 radical (unpaired) electrons. The zero-order chi connectivity index (χ0) is 14.8. The summed E-state index contributed by atoms with van der Waals surface area (Å²) in [6.07, 6.45) is 0. The molecule has 4 heteroatoms. The van der Waals surface area contributed by atoms with Gasteiger partial charge in [-0.05, 0) is 41.3 Å². The maximum absolute atomic E-state index is 12.4. The molecular formula is C16H17ClO2S. The van der Waals surface area contributed by atoms with E-state index >= 15 is 0 Å². The first-order valence-corrected chi connectivity index (χ1v) is 8.49. The summed E-state index contributed by atoms with van der Waals surface area (Å²) in [6.45, 7) is 4.18. The molecule has 0 aliphatic carbocycles. The highest BCUT2D eigenvalue weighted by Crippen LogP contribution is 2.21. The minimum absolute atomic E-state index is 0.00912. The molecule has 0 aromatic heterocycles. The van der Waals surface area contributed by atoms with E-state index in [0.717, 1.165) is 11.1 Å². The second-order valence-corrected chi connectivity index (χ2v) is 7.54. The Morgan fingerprint density at radius 1 is 1.05 bits per heavy atom. The quantitative estimate of drug-likeness (QED) is 0.837. The fourth-order valence-corrected chi connectivity index (χ4v) is 3.45. The molecule has 0 unspecified atom stereocenters. The molecule has 0 N–H and O–H groups in total. The van der Waals surface area contributed by atoms with Crippen molar-refractivity contribution in [1.29, 1.82) is 0 Å². The summed E-state index contributed by atoms with van der Waals surface area (Å²) < 4.78 is 24.7. The molecule has 0 heterocycles. The van der Waals surface area contributed by atoms with Gasteiger partial charge in [0.25, 0.3) is 0 Å². The van der Waals surface area contributed by atoms with Crippen LogP contribution in [0.1, 0.15) is 30.9 Å². The summed E-state index contributed by atoms with van der Waals surface area (Å²) in [5, 5.41) is 0.533. The van der Waals surface area contributed by atoms with Gasteiger partial charge in [-0.2, -0.15) is 0 Å². The van der Waals surface area contributed by atoms with Crippen molar-refractivity contribution >= 4 is 21.4 Å². The molecule has 2 aromatic rings. The Kier molecular flexibility index (Phi) is 4.51. The molecule has 0 bridgehead atoms. The summed E-state index contributed by atoms with van der Waals surface area (Å²) in [5.74, 6) is 0.392. The van der Waals surface area contributed by atoms with Crippen LogP contribution in [0.25, 0.3) is 0 Å². The first-order chi connectivity index (χ1) is 9.38. The van der Waals surface area contributed by atoms with Gasteiger partial charge in [0, 0.05) is 5.02 Å². The van der Waals surface area contributed by atoms with Gasteiger partial charge < -0.3 is 0 Å². The maximum atomic E-state index is 12.4. The van der Waals surface area contributed by atoms with Crippen molar-refractivity contribution in [3.05, 3.63) is 64.7 Å². The number of rotatable bonds is 4. The van der Waals surface area contributed by atoms with Gasteiger partial charge in [0.15, 0.2) is 9.84 Å². The Bertz CT molecular complexity index is 689. The second kappa shape index (κ2) is 5.98. The van der Waals surface area contributed by atoms with Crippen molar-refractivity contribution in [2.24, 2.45) is 0 Å². The largest absolute Gasteiger partial charge is 0.223 e. The fraction of sp³-hybridized carbons (Fsp3) is 0.250. The Morgan fingerprint density at radius 2 is 1.70 bits per heavy atom. The van der Waals surface area contributed by atoms with Crippen LogP contribution in [0.2, 0.25) is 5.02 Å². The van der Waals surface area contributed by atoms with Gasteiger partial charge in [0.05, 0.1) is 10.6 Å². The van der Waals surface area contributed by atoms with Crippen molar-refractivity contribution in [3.63, 3.8) is 0 Å². The molecule has 2 aromatic carbocycles. The highest BCUT2D eigenvalue weighted by molar-refractivity contribution is 7.90. The van der Waals surface area contributed by atoms with Gasteiger partial charge in [-0.3, -0.25) is 0 Å². The number of sulfone groups is 1. The van der Waals surface area contributed by atoms with Crippen LogP contribution in [-0.2, 0) is 15.6 Å². The molecule has 0 saturated carbocycles. The number of halogens is 1. The van der Waals surface area contributed by atoms with Crippen molar-refractivity contribution in [1.82, 2.24) is 0 Å². The predicted octanol–water partition coefficient (Wildman–Crippen LogP) is 4.44. The van der Waals surface area contributed by atoms with Gasteiger partial charge in [0.2, 0.25) is 0 Å². The molecule has 106 valence electrons. The Morgan fingerprint density at radius 3 is 2.30 bits per heavy atom. The SMILES string of the molecule is CC(C)c1cccc(CS(=O)(=O)c2ccc(Cl)cc2)c1. The lowest BCUT2D eigenvalue weighted by atomic mass is 10.0. The summed E-state index contributed by atoms with van der Waals surface area (Å²) in [5.41, 5.74) is 1.96. The zero-order valence-corrected chi connectivity index (χ0v) is 13.1. The third-order valence-electron chi connectivity index (χ3n) is 3.15. The van der Waals surface area contributed by atoms with Crippen LogP contribution in [-0.4, -0.2) is 8.42 Å². The van der Waals surface area contributed by atoms with E-state index < -0.39 is 9.84 Å². The van der Waals surface area contributed by atoms with Crippen LogP contribution in [0.15, 0.2) is 53.4 Å². The van der Waals surface area contributed by atoms with E-state index in [1.165, 1.54) is 0 Å². The van der Waals surface area contributed by atoms with Crippen molar-refractivity contribution in [2.75, 3.05) is 0 Å². The summed E-state index contributed by atoms with van der Waals surface area (Å²) in [6, 6.07) is 14.0. The molecule has 0 aliphatic rings. The predicted molar refractivity (Wildman–Crippen MR) is 82.9 cm³/mol. The van der Waals surface area contributed by atoms with Gasteiger partial charge in [-0.1, -0.05) is 49.7 Å². The summed E-state index contributed by atoms with van der Waals surface area (Å²) >= 11 is 5.78. The van der Waals surface area contributed by atoms with Gasteiger partial charge in [-0.15, -0.1) is 0 Å². The van der Waals surface area contributed by atoms with Crippen LogP contribution in [0.4, 0.5) is 0 Å². The summed E-state index contributed by atoms with van der Waals surface area (Å²) in [7, 11) is -3.33. The Balaban J connectivity index is 2.28. The van der Waals surface area contributed by atoms with E-state index in [9.17, 15) is 8.42 Å². The molecule has 20 heavy (non-hydrogen) atoms. The summed E-state index contributed by atoms with van der Waals surface area (Å²) in [4.78, 5) is 0.303. The number of benzene rings is 2. The third-order valence-corrected chi connectivity index (χ3v) is 5.10. The Labute approximate surface area is 125 Å². The zero-order valence-electron chi connectivity index (χ0n) is 11.5. The van der Waals surface area contributed by atoms with E-state index in [4.69, 9.17) is 11.6 Å². The highest BCUT2D eigenvalue weighted by atomic mass is 35.5. The van der Waals surface area contributed by atoms with Crippen molar-refractivity contribution in [3.8, 4) is 0 Å². The van der Waals surface area contributed by atoms with Gasteiger partial charge in [-0.25, -0.2) is 8.42 Å². The van der Waals surface area contributed by atoms with E-state index in [0.29, 0.717) is 15.8 Å². The molecule has 2 rings (SSSR count). The van der Waals surface area contributed by atoms with Crippen molar-refractivity contribution in [2.45, 2.75) is 30.4 Å². The molecule has 0 spiro atoms. The van der Waals surface area contributed by atoms with Gasteiger partial charge in [0.1, 0.15) is 0 Å². The molecular weight excluding hydrogens is 292 g/mol. The third kappa shape index (κ3) is 3.62. The minimum atomic E-state index is -3.33. The van der Waals surface area contributed by atoms with Crippen LogP contribution < -0.4 is 0 Å². The molecule has 0 saturated heterocycles. The average molecular weight is 309 g/mol. The van der Waals surface area contributed by atoms with Crippen LogP contribution in [0.5, 0.6) is 0 Å². The van der Waals surface area contributed by atoms with E-state index in [-0.39, 0.29) is 5.75 Å². The smallest absolute Gasteiger partial charge is 0.182 e. The monoisotopic (exact) mass is 308 g/mol. The lowest BCUT2D eigenvalue weighted by Crippen LogP contribution is -2.05. The van der Waals surface area contributed by atoms with Gasteiger partial charge >= 0.3 is 0 Å². The van der Waals surface area contributed by atoms with Crippen LogP contribution >= 0.6 is 11.6 Å². The molecule has 2 nitrogen and oxygen atoms in total. The average Bonchev–Trinajstić information content (AvgIpc) is 2.39. The normalized spacial score (nSPS) is 11.8. The highest BCUT2D eigenvalue weighted by Gasteiger charge is 2.15. The van der Waals surface area contributed by atoms with E-state index in [1.807, 2.05) is 24.3 Å². The Hall–Kier alpha value is -1.32. The molecule has 0 aliphatic heterocycles.